The lowest BCUT2D eigenvalue weighted by atomic mass is 9.82. The zero-order chi connectivity index (χ0) is 13.2. The number of urea groups is 1. The number of nitrogens with one attached hydrogen (secondary N) is 2. The molecule has 2 aliphatic rings. The summed E-state index contributed by atoms with van der Waals surface area (Å²) >= 11 is 0. The van der Waals surface area contributed by atoms with Crippen molar-refractivity contribution in [2.45, 2.75) is 37.6 Å². The van der Waals surface area contributed by atoms with Crippen LogP contribution < -0.4 is 10.6 Å². The number of imide groups is 1. The Hall–Kier alpha value is -1.63. The molecule has 0 aromatic rings. The summed E-state index contributed by atoms with van der Waals surface area (Å²) in [7, 11) is 0. The number of aliphatic carboxylic acids is 1. The van der Waals surface area contributed by atoms with Gasteiger partial charge in [0.2, 0.25) is 0 Å². The first-order chi connectivity index (χ1) is 8.55. The van der Waals surface area contributed by atoms with Gasteiger partial charge in [-0.3, -0.25) is 14.9 Å². The van der Waals surface area contributed by atoms with E-state index in [9.17, 15) is 14.4 Å². The number of carboxylic acid groups (broad SMARTS) is 1. The van der Waals surface area contributed by atoms with Crippen molar-refractivity contribution in [2.75, 3.05) is 13.2 Å². The van der Waals surface area contributed by atoms with Crippen LogP contribution in [-0.4, -0.2) is 46.7 Å². The molecule has 3 amide bonds. The lowest BCUT2D eigenvalue weighted by Gasteiger charge is -2.30. The van der Waals surface area contributed by atoms with Gasteiger partial charge >= 0.3 is 12.0 Å². The third-order valence-corrected chi connectivity index (χ3v) is 3.57. The monoisotopic (exact) mass is 255 g/mol. The van der Waals surface area contributed by atoms with Crippen LogP contribution in [0.15, 0.2) is 0 Å². The highest BCUT2D eigenvalue weighted by atomic mass is 16.4. The molecule has 1 aliphatic heterocycles. The summed E-state index contributed by atoms with van der Waals surface area (Å²) in [5.74, 6) is -1.36. The van der Waals surface area contributed by atoms with E-state index >= 15 is 0 Å². The predicted octanol–water partition coefficient (Wildman–Crippen LogP) is -0.127. The van der Waals surface area contributed by atoms with E-state index in [0.29, 0.717) is 0 Å². The Balaban J connectivity index is 1.98. The molecule has 7 heteroatoms. The van der Waals surface area contributed by atoms with E-state index in [1.807, 2.05) is 0 Å². The van der Waals surface area contributed by atoms with Gasteiger partial charge in [0.1, 0.15) is 6.54 Å². The molecule has 0 aromatic carbocycles. The highest BCUT2D eigenvalue weighted by molar-refractivity contribution is 6.01. The average molecular weight is 255 g/mol. The Bertz CT molecular complexity index is 376. The molecule has 1 heterocycles. The maximum atomic E-state index is 12.2. The molecule has 7 nitrogen and oxygen atoms in total. The normalized spacial score (nSPS) is 22.2. The van der Waals surface area contributed by atoms with Gasteiger partial charge < -0.3 is 10.4 Å². The Morgan fingerprint density at radius 1 is 1.33 bits per heavy atom. The summed E-state index contributed by atoms with van der Waals surface area (Å²) in [6.45, 7) is -0.320. The van der Waals surface area contributed by atoms with Crippen LogP contribution in [0, 0.1) is 0 Å². The van der Waals surface area contributed by atoms with Crippen molar-refractivity contribution in [3.63, 3.8) is 0 Å². The van der Waals surface area contributed by atoms with Crippen LogP contribution in [0.2, 0.25) is 0 Å². The second-order valence-corrected chi connectivity index (χ2v) is 4.76. The summed E-state index contributed by atoms with van der Waals surface area (Å²) in [5, 5.41) is 13.8. The molecule has 2 rings (SSSR count). The molecule has 1 spiro atoms. The number of carbonyl (C=O) groups excluding carboxylic acids is 2. The summed E-state index contributed by atoms with van der Waals surface area (Å²) in [6.07, 6.45) is 4.55. The molecule has 0 atom stereocenters. The lowest BCUT2D eigenvalue weighted by molar-refractivity contribution is -0.136. The second kappa shape index (κ2) is 4.93. The summed E-state index contributed by atoms with van der Waals surface area (Å²) in [4.78, 5) is 35.3. The van der Waals surface area contributed by atoms with E-state index in [0.717, 1.165) is 37.0 Å². The maximum absolute atomic E-state index is 12.2. The molecule has 3 N–H and O–H groups in total. The second-order valence-electron chi connectivity index (χ2n) is 4.76. The zero-order valence-corrected chi connectivity index (χ0v) is 10.1. The van der Waals surface area contributed by atoms with Crippen LogP contribution in [0.25, 0.3) is 0 Å². The fourth-order valence-electron chi connectivity index (χ4n) is 2.59. The molecule has 2 fully saturated rings. The number of carbonyl (C=O) groups is 3. The fraction of sp³-hybridized carbons (Fsp3) is 0.727. The van der Waals surface area contributed by atoms with Gasteiger partial charge in [0, 0.05) is 0 Å². The minimum absolute atomic E-state index is 0.157. The standard InChI is InChI=1S/C11H17N3O4/c15-8(16)6-12-10(18)14-7-13-11(9(14)17)4-2-1-3-5-11/h13H,1-7H2,(H,12,18)(H,15,16). The van der Waals surface area contributed by atoms with E-state index < -0.39 is 24.1 Å². The molecule has 100 valence electrons. The quantitative estimate of drug-likeness (QED) is 0.638. The van der Waals surface area contributed by atoms with Crippen molar-refractivity contribution in [1.29, 1.82) is 0 Å². The van der Waals surface area contributed by atoms with E-state index in [4.69, 9.17) is 5.11 Å². The van der Waals surface area contributed by atoms with E-state index in [-0.39, 0.29) is 12.6 Å². The van der Waals surface area contributed by atoms with Crippen LogP contribution >= 0.6 is 0 Å². The predicted molar refractivity (Wildman–Crippen MR) is 61.7 cm³/mol. The number of nitrogens with zero attached hydrogens (tertiary/aromatic N) is 1. The van der Waals surface area contributed by atoms with Crippen LogP contribution in [0.4, 0.5) is 4.79 Å². The Labute approximate surface area is 105 Å². The van der Waals surface area contributed by atoms with Crippen LogP contribution in [0.5, 0.6) is 0 Å². The first kappa shape index (κ1) is 12.8. The molecule has 18 heavy (non-hydrogen) atoms. The summed E-state index contributed by atoms with van der Waals surface area (Å²) < 4.78 is 0. The highest BCUT2D eigenvalue weighted by Gasteiger charge is 2.48. The molecule has 0 bridgehead atoms. The van der Waals surface area contributed by atoms with Gasteiger partial charge in [0.05, 0.1) is 12.2 Å². The fourth-order valence-corrected chi connectivity index (χ4v) is 2.59. The Kier molecular flexibility index (Phi) is 3.51. The first-order valence-electron chi connectivity index (χ1n) is 6.12. The molecular formula is C11H17N3O4. The van der Waals surface area contributed by atoms with Gasteiger partial charge in [0.25, 0.3) is 5.91 Å². The molecule has 1 saturated heterocycles. The third-order valence-electron chi connectivity index (χ3n) is 3.57. The SMILES string of the molecule is O=C(O)CNC(=O)N1CNC2(CCCCC2)C1=O. The van der Waals surface area contributed by atoms with Gasteiger partial charge in [-0.25, -0.2) is 9.69 Å². The van der Waals surface area contributed by atoms with E-state index in [1.54, 1.807) is 0 Å². The Morgan fingerprint density at radius 3 is 2.61 bits per heavy atom. The summed E-state index contributed by atoms with van der Waals surface area (Å²) in [5.41, 5.74) is -0.598. The summed E-state index contributed by atoms with van der Waals surface area (Å²) in [6, 6.07) is -0.641. The molecule has 1 saturated carbocycles. The van der Waals surface area contributed by atoms with E-state index in [1.165, 1.54) is 0 Å². The third kappa shape index (κ3) is 2.31. The molecular weight excluding hydrogens is 238 g/mol. The van der Waals surface area contributed by atoms with Crippen molar-refractivity contribution in [1.82, 2.24) is 15.5 Å². The van der Waals surface area contributed by atoms with Crippen molar-refractivity contribution in [3.05, 3.63) is 0 Å². The van der Waals surface area contributed by atoms with Crippen LogP contribution in [-0.2, 0) is 9.59 Å². The maximum Gasteiger partial charge on any atom is 0.325 e. The Morgan fingerprint density at radius 2 is 2.00 bits per heavy atom. The van der Waals surface area contributed by atoms with Gasteiger partial charge in [-0.2, -0.15) is 0 Å². The zero-order valence-electron chi connectivity index (χ0n) is 10.1. The van der Waals surface area contributed by atoms with Gasteiger partial charge in [-0.05, 0) is 12.8 Å². The van der Waals surface area contributed by atoms with Crippen LogP contribution in [0.1, 0.15) is 32.1 Å². The number of hydrogen-bond donors (Lipinski definition) is 3. The number of hydrogen-bond acceptors (Lipinski definition) is 4. The average Bonchev–Trinajstić information content (AvgIpc) is 2.66. The number of amides is 3. The minimum atomic E-state index is -1.13. The largest absolute Gasteiger partial charge is 0.480 e. The van der Waals surface area contributed by atoms with Crippen LogP contribution in [0.3, 0.4) is 0 Å². The minimum Gasteiger partial charge on any atom is -0.480 e. The van der Waals surface area contributed by atoms with Gasteiger partial charge in [-0.15, -0.1) is 0 Å². The van der Waals surface area contributed by atoms with Crippen molar-refractivity contribution in [2.24, 2.45) is 0 Å². The molecule has 0 aromatic heterocycles. The van der Waals surface area contributed by atoms with Crippen molar-refractivity contribution >= 4 is 17.9 Å². The first-order valence-corrected chi connectivity index (χ1v) is 6.12. The van der Waals surface area contributed by atoms with Crippen molar-refractivity contribution in [3.8, 4) is 0 Å². The van der Waals surface area contributed by atoms with Crippen molar-refractivity contribution < 1.29 is 19.5 Å². The molecule has 0 unspecified atom stereocenters. The van der Waals surface area contributed by atoms with E-state index in [2.05, 4.69) is 10.6 Å². The molecule has 0 radical (unpaired) electrons. The topological polar surface area (TPSA) is 98.7 Å². The number of carboxylic acids is 1. The molecule has 1 aliphatic carbocycles. The van der Waals surface area contributed by atoms with Gasteiger partial charge in [-0.1, -0.05) is 19.3 Å². The van der Waals surface area contributed by atoms with Gasteiger partial charge in [0.15, 0.2) is 0 Å². The highest BCUT2D eigenvalue weighted by Crippen LogP contribution is 2.32. The lowest BCUT2D eigenvalue weighted by Crippen LogP contribution is -2.50. The smallest absolute Gasteiger partial charge is 0.325 e. The number of rotatable bonds is 2.